The Kier molecular flexibility index (Phi) is 5.93. The second-order valence-electron chi connectivity index (χ2n) is 7.88. The summed E-state index contributed by atoms with van der Waals surface area (Å²) in [6.45, 7) is 0.727. The Morgan fingerprint density at radius 2 is 1.80 bits per heavy atom. The van der Waals surface area contributed by atoms with Crippen LogP contribution in [0.5, 0.6) is 0 Å². The second-order valence-corrected chi connectivity index (χ2v) is 10.9. The molecule has 1 aromatic heterocycles. The molecule has 0 radical (unpaired) electrons. The lowest BCUT2D eigenvalue weighted by Crippen LogP contribution is -2.22. The minimum Gasteiger partial charge on any atom is -0.347 e. The highest BCUT2D eigenvalue weighted by Crippen LogP contribution is 2.34. The van der Waals surface area contributed by atoms with E-state index in [-0.39, 0.29) is 33.2 Å². The quantitative estimate of drug-likeness (QED) is 0.381. The fourth-order valence-electron chi connectivity index (χ4n) is 3.78. The molecule has 8 nitrogen and oxygen atoms in total. The highest BCUT2D eigenvalue weighted by Gasteiger charge is 2.31. The van der Waals surface area contributed by atoms with Crippen LogP contribution in [-0.2, 0) is 22.9 Å². The number of aromatic nitrogens is 1. The third kappa shape index (κ3) is 4.34. The van der Waals surface area contributed by atoms with Gasteiger partial charge >= 0.3 is 0 Å². The van der Waals surface area contributed by atoms with Crippen molar-refractivity contribution in [3.63, 3.8) is 0 Å². The first kappa shape index (κ1) is 22.9. The van der Waals surface area contributed by atoms with E-state index in [0.29, 0.717) is 6.54 Å². The van der Waals surface area contributed by atoms with Crippen molar-refractivity contribution in [2.24, 2.45) is 5.73 Å². The molecule has 176 valence electrons. The number of hydrogen-bond donors (Lipinski definition) is 3. The zero-order valence-corrected chi connectivity index (χ0v) is 19.9. The average molecular weight is 505 g/mol. The molecule has 0 fully saturated rings. The van der Waals surface area contributed by atoms with Crippen LogP contribution in [0.3, 0.4) is 0 Å². The van der Waals surface area contributed by atoms with Crippen LogP contribution in [-0.4, -0.2) is 25.2 Å². The number of amides is 2. The summed E-state index contributed by atoms with van der Waals surface area (Å²) in [6.07, 6.45) is 1.71. The monoisotopic (exact) mass is 504 g/mol. The van der Waals surface area contributed by atoms with Crippen molar-refractivity contribution in [2.45, 2.75) is 22.9 Å². The van der Waals surface area contributed by atoms with E-state index in [1.807, 2.05) is 24.3 Å². The van der Waals surface area contributed by atoms with E-state index in [0.717, 1.165) is 21.0 Å². The molecule has 2 amide bonds. The summed E-state index contributed by atoms with van der Waals surface area (Å²) in [7, 11) is -3.93. The molecule has 35 heavy (non-hydrogen) atoms. The highest BCUT2D eigenvalue weighted by molar-refractivity contribution is 7.91. The van der Waals surface area contributed by atoms with Crippen molar-refractivity contribution < 1.29 is 18.0 Å². The van der Waals surface area contributed by atoms with Gasteiger partial charge in [0.05, 0.1) is 27.6 Å². The number of nitrogens with one attached hydrogen (secondary N) is 2. The number of carbonyl (C=O) groups is 2. The summed E-state index contributed by atoms with van der Waals surface area (Å²) >= 11 is 1.46. The number of nitrogens with two attached hydrogens (primary N) is 1. The van der Waals surface area contributed by atoms with Gasteiger partial charge in [-0.1, -0.05) is 36.4 Å². The topological polar surface area (TPSA) is 131 Å². The Labute approximate surface area is 205 Å². The lowest BCUT2D eigenvalue weighted by molar-refractivity contribution is 0.0949. The van der Waals surface area contributed by atoms with Gasteiger partial charge in [0.15, 0.2) is 0 Å². The summed E-state index contributed by atoms with van der Waals surface area (Å²) in [4.78, 5) is 30.6. The van der Waals surface area contributed by atoms with Gasteiger partial charge in [-0.3, -0.25) is 9.59 Å². The summed E-state index contributed by atoms with van der Waals surface area (Å²) < 4.78 is 26.2. The molecule has 4 aromatic rings. The SMILES string of the molecule is NCc1ccc(-c2ncc(CNC(=O)c3ccc4c(c3)NC(=O)c3ccccc3S4(=O)=O)s2)cc1. The fourth-order valence-corrected chi connectivity index (χ4v) is 6.22. The predicted molar refractivity (Wildman–Crippen MR) is 133 cm³/mol. The Morgan fingerprint density at radius 3 is 2.57 bits per heavy atom. The van der Waals surface area contributed by atoms with Gasteiger partial charge in [-0.25, -0.2) is 13.4 Å². The number of rotatable bonds is 5. The molecule has 2 heterocycles. The third-order valence-corrected chi connectivity index (χ3v) is 8.53. The molecule has 0 aliphatic carbocycles. The smallest absolute Gasteiger partial charge is 0.257 e. The molecular weight excluding hydrogens is 484 g/mol. The van der Waals surface area contributed by atoms with Gasteiger partial charge in [0, 0.05) is 28.7 Å². The van der Waals surface area contributed by atoms with E-state index in [4.69, 9.17) is 5.73 Å². The van der Waals surface area contributed by atoms with Gasteiger partial charge in [-0.05, 0) is 35.9 Å². The normalized spacial score (nSPS) is 13.8. The van der Waals surface area contributed by atoms with Gasteiger partial charge in [0.25, 0.3) is 11.8 Å². The standard InChI is InChI=1S/C25H20N4O4S2/c26-12-15-5-7-16(8-6-15)25-28-14-18(34-25)13-27-23(30)17-9-10-22-20(11-17)29-24(31)19-3-1-2-4-21(19)35(22,32)33/h1-11,14H,12-13,26H2,(H,27,30)(H,29,31). The molecule has 4 N–H and O–H groups in total. The van der Waals surface area contributed by atoms with Crippen LogP contribution >= 0.6 is 11.3 Å². The Hall–Kier alpha value is -3.86. The molecule has 1 aliphatic rings. The summed E-state index contributed by atoms with van der Waals surface area (Å²) in [5, 5.41) is 6.27. The van der Waals surface area contributed by atoms with Crippen LogP contribution in [0.1, 0.15) is 31.2 Å². The Balaban J connectivity index is 1.33. The minimum atomic E-state index is -3.93. The van der Waals surface area contributed by atoms with E-state index >= 15 is 0 Å². The van der Waals surface area contributed by atoms with Crippen molar-refractivity contribution >= 4 is 38.7 Å². The van der Waals surface area contributed by atoms with Crippen LogP contribution in [0.15, 0.2) is 82.7 Å². The number of anilines is 1. The largest absolute Gasteiger partial charge is 0.347 e. The van der Waals surface area contributed by atoms with Gasteiger partial charge < -0.3 is 16.4 Å². The molecule has 0 atom stereocenters. The predicted octanol–water partition coefficient (Wildman–Crippen LogP) is 3.60. The van der Waals surface area contributed by atoms with E-state index in [1.54, 1.807) is 18.3 Å². The molecule has 10 heteroatoms. The van der Waals surface area contributed by atoms with Crippen LogP contribution in [0.25, 0.3) is 10.6 Å². The van der Waals surface area contributed by atoms with Gasteiger partial charge in [-0.2, -0.15) is 0 Å². The molecular formula is C25H20N4O4S2. The van der Waals surface area contributed by atoms with Gasteiger partial charge in [0.2, 0.25) is 9.84 Å². The maximum absolute atomic E-state index is 13.1. The lowest BCUT2D eigenvalue weighted by Gasteiger charge is -2.10. The Morgan fingerprint density at radius 1 is 1.03 bits per heavy atom. The maximum atomic E-state index is 13.1. The molecule has 1 aliphatic heterocycles. The number of sulfone groups is 1. The van der Waals surface area contributed by atoms with Gasteiger partial charge in [0.1, 0.15) is 5.01 Å². The highest BCUT2D eigenvalue weighted by atomic mass is 32.2. The van der Waals surface area contributed by atoms with Crippen molar-refractivity contribution in [1.82, 2.24) is 10.3 Å². The molecule has 0 spiro atoms. The molecule has 0 saturated carbocycles. The van der Waals surface area contributed by atoms with Crippen LogP contribution in [0, 0.1) is 0 Å². The lowest BCUT2D eigenvalue weighted by atomic mass is 10.1. The van der Waals surface area contributed by atoms with Crippen LogP contribution in [0.2, 0.25) is 0 Å². The zero-order chi connectivity index (χ0) is 24.6. The number of nitrogens with zero attached hydrogens (tertiary/aromatic N) is 1. The van der Waals surface area contributed by atoms with Crippen molar-refractivity contribution in [3.05, 3.63) is 94.5 Å². The second kappa shape index (κ2) is 9.06. The van der Waals surface area contributed by atoms with E-state index in [2.05, 4.69) is 15.6 Å². The maximum Gasteiger partial charge on any atom is 0.257 e. The first-order chi connectivity index (χ1) is 16.9. The number of carbonyl (C=O) groups excluding carboxylic acids is 2. The first-order valence-electron chi connectivity index (χ1n) is 10.7. The van der Waals surface area contributed by atoms with E-state index in [1.165, 1.54) is 41.7 Å². The molecule has 0 bridgehead atoms. The van der Waals surface area contributed by atoms with E-state index < -0.39 is 21.7 Å². The Bertz CT molecular complexity index is 1560. The summed E-state index contributed by atoms with van der Waals surface area (Å²) in [5.41, 5.74) is 8.00. The molecule has 5 rings (SSSR count). The van der Waals surface area contributed by atoms with E-state index in [9.17, 15) is 18.0 Å². The molecule has 0 saturated heterocycles. The summed E-state index contributed by atoms with van der Waals surface area (Å²) in [6, 6.07) is 18.0. The van der Waals surface area contributed by atoms with Gasteiger partial charge in [-0.15, -0.1) is 11.3 Å². The third-order valence-electron chi connectivity index (χ3n) is 5.61. The number of thiazole rings is 1. The molecule has 0 unspecified atom stereocenters. The van der Waals surface area contributed by atoms with Crippen molar-refractivity contribution in [1.29, 1.82) is 0 Å². The molecule has 3 aromatic carbocycles. The number of fused-ring (bicyclic) bond motifs is 2. The van der Waals surface area contributed by atoms with Crippen LogP contribution in [0.4, 0.5) is 5.69 Å². The van der Waals surface area contributed by atoms with Crippen molar-refractivity contribution in [2.75, 3.05) is 5.32 Å². The average Bonchev–Trinajstić information content (AvgIpc) is 3.33. The van der Waals surface area contributed by atoms with Crippen molar-refractivity contribution in [3.8, 4) is 10.6 Å². The number of benzene rings is 3. The zero-order valence-electron chi connectivity index (χ0n) is 18.3. The minimum absolute atomic E-state index is 0.0555. The summed E-state index contributed by atoms with van der Waals surface area (Å²) in [5.74, 6) is -0.944. The fraction of sp³-hybridized carbons (Fsp3) is 0.0800. The number of hydrogen-bond acceptors (Lipinski definition) is 7. The first-order valence-corrected chi connectivity index (χ1v) is 13.0. The van der Waals surface area contributed by atoms with Crippen LogP contribution < -0.4 is 16.4 Å².